The molecular weight excluding hydrogens is 284 g/mol. The number of carbonyl (C=O) groups excluding carboxylic acids is 1. The van der Waals surface area contributed by atoms with Gasteiger partial charge in [-0.3, -0.25) is 4.99 Å². The third-order valence-electron chi connectivity index (χ3n) is 2.95. The maximum absolute atomic E-state index is 12.1. The number of methoxy groups -OCH3 is 1. The Balaban J connectivity index is 4.59. The molecule has 0 aromatic rings. The zero-order chi connectivity index (χ0) is 17.2. The lowest BCUT2D eigenvalue weighted by Crippen LogP contribution is -2.41. The molecule has 0 saturated heterocycles. The summed E-state index contributed by atoms with van der Waals surface area (Å²) in [5.74, 6) is 0.501. The summed E-state index contributed by atoms with van der Waals surface area (Å²) in [5.41, 5.74) is 5.40. The van der Waals surface area contributed by atoms with E-state index in [4.69, 9.17) is 15.2 Å². The van der Waals surface area contributed by atoms with Crippen molar-refractivity contribution in [1.29, 1.82) is 0 Å². The highest BCUT2D eigenvalue weighted by Crippen LogP contribution is 2.09. The van der Waals surface area contributed by atoms with Crippen LogP contribution in [0.4, 0.5) is 4.79 Å². The van der Waals surface area contributed by atoms with Crippen LogP contribution in [-0.2, 0) is 9.47 Å². The third-order valence-corrected chi connectivity index (χ3v) is 2.95. The SMILES string of the molecule is CCN(CC)C(N)=NCCN(CCOC)C(=O)OC(C)(C)C. The van der Waals surface area contributed by atoms with Crippen LogP contribution in [0.2, 0.25) is 0 Å². The molecule has 0 heterocycles. The van der Waals surface area contributed by atoms with E-state index in [-0.39, 0.29) is 6.09 Å². The monoisotopic (exact) mass is 316 g/mol. The van der Waals surface area contributed by atoms with Crippen molar-refractivity contribution in [2.75, 3.05) is 46.4 Å². The van der Waals surface area contributed by atoms with Crippen molar-refractivity contribution in [2.45, 2.75) is 40.2 Å². The molecule has 1 amide bonds. The van der Waals surface area contributed by atoms with Crippen molar-refractivity contribution < 1.29 is 14.3 Å². The van der Waals surface area contributed by atoms with Gasteiger partial charge in [0.2, 0.25) is 0 Å². The highest BCUT2D eigenvalue weighted by molar-refractivity contribution is 5.78. The Morgan fingerprint density at radius 3 is 2.18 bits per heavy atom. The molecule has 0 unspecified atom stereocenters. The zero-order valence-electron chi connectivity index (χ0n) is 14.9. The zero-order valence-corrected chi connectivity index (χ0v) is 14.9. The van der Waals surface area contributed by atoms with Gasteiger partial charge in [-0.25, -0.2) is 4.79 Å². The first-order valence-corrected chi connectivity index (χ1v) is 7.76. The molecule has 0 aromatic heterocycles. The lowest BCUT2D eigenvalue weighted by molar-refractivity contribution is 0.0208. The van der Waals surface area contributed by atoms with Gasteiger partial charge in [-0.15, -0.1) is 0 Å². The Bertz CT molecular complexity index is 349. The predicted octanol–water partition coefficient (Wildman–Crippen LogP) is 1.53. The van der Waals surface area contributed by atoms with Crippen molar-refractivity contribution in [3.05, 3.63) is 0 Å². The van der Waals surface area contributed by atoms with Gasteiger partial charge >= 0.3 is 6.09 Å². The number of hydrogen-bond donors (Lipinski definition) is 1. The Morgan fingerprint density at radius 2 is 1.73 bits per heavy atom. The fourth-order valence-corrected chi connectivity index (χ4v) is 1.76. The summed E-state index contributed by atoms with van der Waals surface area (Å²) in [5, 5.41) is 0. The Kier molecular flexibility index (Phi) is 9.56. The average molecular weight is 316 g/mol. The number of amides is 1. The molecule has 0 atom stereocenters. The third kappa shape index (κ3) is 8.71. The molecule has 7 heteroatoms. The van der Waals surface area contributed by atoms with E-state index in [1.807, 2.05) is 39.5 Å². The van der Waals surface area contributed by atoms with Crippen molar-refractivity contribution in [3.8, 4) is 0 Å². The number of nitrogens with two attached hydrogens (primary N) is 1. The predicted molar refractivity (Wildman–Crippen MR) is 89.1 cm³/mol. The Labute approximate surface area is 134 Å². The molecule has 0 saturated carbocycles. The molecule has 0 fully saturated rings. The van der Waals surface area contributed by atoms with E-state index >= 15 is 0 Å². The molecule has 2 N–H and O–H groups in total. The minimum absolute atomic E-state index is 0.360. The molecule has 22 heavy (non-hydrogen) atoms. The van der Waals surface area contributed by atoms with Crippen molar-refractivity contribution in [3.63, 3.8) is 0 Å². The smallest absolute Gasteiger partial charge is 0.410 e. The number of guanidine groups is 1. The van der Waals surface area contributed by atoms with Gasteiger partial charge in [0.05, 0.1) is 13.2 Å². The van der Waals surface area contributed by atoms with Gasteiger partial charge in [-0.05, 0) is 34.6 Å². The number of nitrogens with zero attached hydrogens (tertiary/aromatic N) is 3. The highest BCUT2D eigenvalue weighted by atomic mass is 16.6. The van der Waals surface area contributed by atoms with Gasteiger partial charge in [0, 0.05) is 33.3 Å². The lowest BCUT2D eigenvalue weighted by atomic mass is 10.2. The van der Waals surface area contributed by atoms with Gasteiger partial charge in [-0.2, -0.15) is 0 Å². The lowest BCUT2D eigenvalue weighted by Gasteiger charge is -2.27. The fraction of sp³-hybridized carbons (Fsp3) is 0.867. The highest BCUT2D eigenvalue weighted by Gasteiger charge is 2.21. The maximum atomic E-state index is 12.1. The summed E-state index contributed by atoms with van der Waals surface area (Å²) >= 11 is 0. The Hall–Kier alpha value is -1.50. The number of aliphatic imine (C=N–C) groups is 1. The van der Waals surface area contributed by atoms with E-state index < -0.39 is 5.60 Å². The van der Waals surface area contributed by atoms with Gasteiger partial charge in [-0.1, -0.05) is 0 Å². The van der Waals surface area contributed by atoms with Crippen LogP contribution in [0.25, 0.3) is 0 Å². The summed E-state index contributed by atoms with van der Waals surface area (Å²) in [7, 11) is 1.60. The molecule has 0 aromatic carbocycles. The second-order valence-electron chi connectivity index (χ2n) is 5.87. The number of rotatable bonds is 8. The molecule has 0 aliphatic carbocycles. The van der Waals surface area contributed by atoms with E-state index in [0.29, 0.717) is 32.2 Å². The fourth-order valence-electron chi connectivity index (χ4n) is 1.76. The number of hydrogen-bond acceptors (Lipinski definition) is 4. The van der Waals surface area contributed by atoms with E-state index in [9.17, 15) is 4.79 Å². The summed E-state index contributed by atoms with van der Waals surface area (Å²) in [4.78, 5) is 20.0. The summed E-state index contributed by atoms with van der Waals surface area (Å²) < 4.78 is 10.4. The van der Waals surface area contributed by atoms with Gasteiger partial charge in [0.1, 0.15) is 5.60 Å². The van der Waals surface area contributed by atoms with Crippen LogP contribution in [0.3, 0.4) is 0 Å². The first-order valence-electron chi connectivity index (χ1n) is 7.76. The Morgan fingerprint density at radius 1 is 1.14 bits per heavy atom. The topological polar surface area (TPSA) is 80.4 Å². The van der Waals surface area contributed by atoms with Crippen LogP contribution >= 0.6 is 0 Å². The first-order chi connectivity index (χ1) is 10.2. The number of carbonyl (C=O) groups is 1. The minimum atomic E-state index is -0.522. The molecule has 7 nitrogen and oxygen atoms in total. The molecule has 130 valence electrons. The largest absolute Gasteiger partial charge is 0.444 e. The van der Waals surface area contributed by atoms with Gasteiger partial charge in [0.25, 0.3) is 0 Å². The van der Waals surface area contributed by atoms with Crippen LogP contribution in [-0.4, -0.2) is 73.9 Å². The molecule has 0 spiro atoms. The summed E-state index contributed by atoms with van der Waals surface area (Å²) in [6, 6.07) is 0. The maximum Gasteiger partial charge on any atom is 0.410 e. The molecule has 0 rings (SSSR count). The van der Waals surface area contributed by atoms with E-state index in [2.05, 4.69) is 4.99 Å². The quantitative estimate of drug-likeness (QED) is 0.542. The minimum Gasteiger partial charge on any atom is -0.444 e. The van der Waals surface area contributed by atoms with Crippen LogP contribution in [0.5, 0.6) is 0 Å². The van der Waals surface area contributed by atoms with Crippen molar-refractivity contribution in [2.24, 2.45) is 10.7 Å². The van der Waals surface area contributed by atoms with Gasteiger partial charge in [0.15, 0.2) is 5.96 Å². The van der Waals surface area contributed by atoms with E-state index in [0.717, 1.165) is 13.1 Å². The normalized spacial score (nSPS) is 12.2. The molecular formula is C15H32N4O3. The van der Waals surface area contributed by atoms with Gasteiger partial charge < -0.3 is 25.0 Å². The second kappa shape index (κ2) is 10.3. The molecule has 0 bridgehead atoms. The van der Waals surface area contributed by atoms with E-state index in [1.165, 1.54) is 0 Å². The van der Waals surface area contributed by atoms with Crippen LogP contribution in [0.1, 0.15) is 34.6 Å². The van der Waals surface area contributed by atoms with E-state index in [1.54, 1.807) is 12.0 Å². The standard InChI is InChI=1S/C15H32N4O3/c1-7-18(8-2)13(16)17-9-10-19(11-12-21-6)14(20)22-15(3,4)5/h7-12H2,1-6H3,(H2,16,17). The van der Waals surface area contributed by atoms with Crippen molar-refractivity contribution in [1.82, 2.24) is 9.80 Å². The first kappa shape index (κ1) is 20.5. The van der Waals surface area contributed by atoms with Crippen LogP contribution in [0, 0.1) is 0 Å². The number of ether oxygens (including phenoxy) is 2. The van der Waals surface area contributed by atoms with Crippen LogP contribution < -0.4 is 5.73 Å². The summed E-state index contributed by atoms with van der Waals surface area (Å²) in [6.45, 7) is 13.0. The second-order valence-corrected chi connectivity index (χ2v) is 5.87. The summed E-state index contributed by atoms with van der Waals surface area (Å²) in [6.07, 6.45) is -0.360. The van der Waals surface area contributed by atoms with Crippen molar-refractivity contribution >= 4 is 12.1 Å². The molecule has 0 aliphatic heterocycles. The average Bonchev–Trinajstić information content (AvgIpc) is 2.41. The van der Waals surface area contributed by atoms with Crippen LogP contribution in [0.15, 0.2) is 4.99 Å². The molecule has 0 aliphatic rings. The molecule has 0 radical (unpaired) electrons.